The maximum Gasteiger partial charge on any atom is 0.295 e. The first kappa shape index (κ1) is 26.2. The highest BCUT2D eigenvalue weighted by Crippen LogP contribution is 2.42. The number of imidazole rings is 1. The molecule has 0 spiro atoms. The number of pyridine rings is 1. The molecule has 0 radical (unpaired) electrons. The summed E-state index contributed by atoms with van der Waals surface area (Å²) in [5, 5.41) is 11.6. The lowest BCUT2D eigenvalue weighted by Crippen LogP contribution is -2.38. The highest BCUT2D eigenvalue weighted by Gasteiger charge is 2.46. The Hall–Kier alpha value is -3.85. The lowest BCUT2D eigenvalue weighted by molar-refractivity contribution is -0.140. The van der Waals surface area contributed by atoms with Gasteiger partial charge in [0.25, 0.3) is 11.7 Å². The first-order valence-corrected chi connectivity index (χ1v) is 12.4. The number of aryl methyl sites for hydroxylation is 2. The number of nitrogens with zero attached hydrogens (tertiary/aromatic N) is 4. The number of ketones is 1. The molecule has 2 aromatic heterocycles. The minimum absolute atomic E-state index is 0.0147. The number of aliphatic hydroxyl groups is 1. The molecule has 1 saturated heterocycles. The summed E-state index contributed by atoms with van der Waals surface area (Å²) in [6, 6.07) is 8.29. The molecule has 0 saturated carbocycles. The predicted octanol–water partition coefficient (Wildman–Crippen LogP) is 3.73. The first-order valence-electron chi connectivity index (χ1n) is 12.4. The Bertz CT molecular complexity index is 1370. The number of benzene rings is 1. The van der Waals surface area contributed by atoms with Gasteiger partial charge >= 0.3 is 0 Å². The zero-order chi connectivity index (χ0) is 26.9. The summed E-state index contributed by atoms with van der Waals surface area (Å²) in [7, 11) is 3.07. The third-order valence-corrected chi connectivity index (χ3v) is 7.12. The fourth-order valence-corrected chi connectivity index (χ4v) is 4.94. The number of hydrogen-bond acceptors (Lipinski definition) is 7. The molecule has 0 aliphatic carbocycles. The number of carbonyl (C=O) groups excluding carboxylic acids is 2. The van der Waals surface area contributed by atoms with Crippen molar-refractivity contribution in [3.8, 4) is 11.5 Å². The van der Waals surface area contributed by atoms with Crippen LogP contribution in [0.5, 0.6) is 11.5 Å². The van der Waals surface area contributed by atoms with Gasteiger partial charge in [0.15, 0.2) is 17.3 Å². The molecule has 1 aliphatic rings. The molecule has 1 aromatic carbocycles. The van der Waals surface area contributed by atoms with Gasteiger partial charge in [-0.1, -0.05) is 26.0 Å². The molecule has 3 heterocycles. The lowest BCUT2D eigenvalue weighted by Gasteiger charge is -2.28. The van der Waals surface area contributed by atoms with Crippen LogP contribution in [0.15, 0.2) is 42.1 Å². The molecule has 1 N–H and O–H groups in total. The summed E-state index contributed by atoms with van der Waals surface area (Å²) in [5.74, 6) is -0.674. The number of likely N-dealkylation sites (N-methyl/N-ethyl adjacent to an activating group) is 1. The van der Waals surface area contributed by atoms with Crippen LogP contribution >= 0.6 is 0 Å². The molecule has 1 amide bonds. The number of likely N-dealkylation sites (tertiary alicyclic amines) is 1. The maximum atomic E-state index is 13.5. The molecule has 3 aromatic rings. The molecule has 0 bridgehead atoms. The van der Waals surface area contributed by atoms with E-state index in [4.69, 9.17) is 9.47 Å². The molecule has 37 heavy (non-hydrogen) atoms. The zero-order valence-corrected chi connectivity index (χ0v) is 22.2. The van der Waals surface area contributed by atoms with Crippen molar-refractivity contribution in [3.05, 3.63) is 64.6 Å². The molecule has 4 rings (SSSR count). The van der Waals surface area contributed by atoms with Gasteiger partial charge < -0.3 is 28.8 Å². The quantitative estimate of drug-likeness (QED) is 0.268. The van der Waals surface area contributed by atoms with E-state index in [2.05, 4.69) is 23.7 Å². The van der Waals surface area contributed by atoms with Crippen molar-refractivity contribution in [1.29, 1.82) is 0 Å². The second kappa shape index (κ2) is 10.6. The van der Waals surface area contributed by atoms with Crippen LogP contribution in [-0.2, 0) is 9.59 Å². The number of hydrogen-bond donors (Lipinski definition) is 1. The highest BCUT2D eigenvalue weighted by molar-refractivity contribution is 6.46. The summed E-state index contributed by atoms with van der Waals surface area (Å²) in [4.78, 5) is 35.2. The minimum atomic E-state index is -0.805. The summed E-state index contributed by atoms with van der Waals surface area (Å²) in [6.45, 7) is 10.4. The number of aromatic nitrogens is 2. The summed E-state index contributed by atoms with van der Waals surface area (Å²) >= 11 is 0. The average molecular weight is 507 g/mol. The summed E-state index contributed by atoms with van der Waals surface area (Å²) in [6.07, 6.45) is 1.86. The molecule has 196 valence electrons. The van der Waals surface area contributed by atoms with Crippen LogP contribution in [-0.4, -0.2) is 76.4 Å². The number of fused-ring (bicyclic) bond motifs is 1. The molecule has 9 nitrogen and oxygen atoms in total. The summed E-state index contributed by atoms with van der Waals surface area (Å²) in [5.41, 5.74) is 3.22. The van der Waals surface area contributed by atoms with E-state index in [-0.39, 0.29) is 17.0 Å². The Kier molecular flexibility index (Phi) is 7.54. The van der Waals surface area contributed by atoms with Gasteiger partial charge in [0, 0.05) is 19.3 Å². The molecule has 1 fully saturated rings. The largest absolute Gasteiger partial charge is 0.505 e. The second-order valence-corrected chi connectivity index (χ2v) is 9.06. The standard InChI is InChI=1S/C28H34N4O5/c1-7-30(8-2)14-15-32-24(19-11-12-20(36-5)21(16-19)37-6)22(26(34)28(32)35)25(33)23-18(4)31-13-9-10-17(3)27(31)29-23/h9-13,16,24,33H,7-8,14-15H2,1-6H3. The van der Waals surface area contributed by atoms with Crippen LogP contribution in [0.2, 0.25) is 0 Å². The van der Waals surface area contributed by atoms with Gasteiger partial charge in [0.05, 0.1) is 31.5 Å². The predicted molar refractivity (Wildman–Crippen MR) is 141 cm³/mol. The van der Waals surface area contributed by atoms with Crippen molar-refractivity contribution in [3.63, 3.8) is 0 Å². The van der Waals surface area contributed by atoms with Crippen molar-refractivity contribution in [2.75, 3.05) is 40.4 Å². The van der Waals surface area contributed by atoms with Gasteiger partial charge in [-0.2, -0.15) is 0 Å². The van der Waals surface area contributed by atoms with Gasteiger partial charge in [-0.3, -0.25) is 9.59 Å². The molecule has 1 aliphatic heterocycles. The zero-order valence-electron chi connectivity index (χ0n) is 22.2. The van der Waals surface area contributed by atoms with Gasteiger partial charge in [0.1, 0.15) is 11.3 Å². The van der Waals surface area contributed by atoms with Crippen molar-refractivity contribution < 1.29 is 24.2 Å². The van der Waals surface area contributed by atoms with Crippen LogP contribution in [0.25, 0.3) is 11.4 Å². The molecule has 1 atom stereocenters. The lowest BCUT2D eigenvalue weighted by atomic mass is 9.96. The van der Waals surface area contributed by atoms with Crippen LogP contribution in [0.4, 0.5) is 0 Å². The Morgan fingerprint density at radius 1 is 1.08 bits per heavy atom. The van der Waals surface area contributed by atoms with E-state index in [0.29, 0.717) is 41.5 Å². The van der Waals surface area contributed by atoms with E-state index in [1.54, 1.807) is 25.3 Å². The average Bonchev–Trinajstić information content (AvgIpc) is 3.38. The molecular formula is C28H34N4O5. The van der Waals surface area contributed by atoms with Crippen molar-refractivity contribution in [2.45, 2.75) is 33.7 Å². The second-order valence-electron chi connectivity index (χ2n) is 9.06. The van der Waals surface area contributed by atoms with Crippen molar-refractivity contribution in [1.82, 2.24) is 19.2 Å². The Morgan fingerprint density at radius 3 is 2.41 bits per heavy atom. The number of aliphatic hydroxyl groups excluding tert-OH is 1. The van der Waals surface area contributed by atoms with E-state index in [1.807, 2.05) is 36.6 Å². The van der Waals surface area contributed by atoms with E-state index in [9.17, 15) is 14.7 Å². The van der Waals surface area contributed by atoms with E-state index in [0.717, 1.165) is 18.7 Å². The molecule has 1 unspecified atom stereocenters. The Morgan fingerprint density at radius 2 is 1.78 bits per heavy atom. The normalized spacial score (nSPS) is 17.3. The fourth-order valence-electron chi connectivity index (χ4n) is 4.94. The SMILES string of the molecule is CCN(CC)CCN1C(=O)C(=O)C(=C(O)c2nc3c(C)cccn3c2C)C1c1ccc(OC)c(OC)c1. The van der Waals surface area contributed by atoms with Crippen LogP contribution < -0.4 is 9.47 Å². The number of amides is 1. The number of Topliss-reactive ketones (excluding diaryl/α,β-unsaturated/α-hetero) is 1. The number of rotatable bonds is 9. The Labute approximate surface area is 216 Å². The highest BCUT2D eigenvalue weighted by atomic mass is 16.5. The minimum Gasteiger partial charge on any atom is -0.505 e. The maximum absolute atomic E-state index is 13.5. The summed E-state index contributed by atoms with van der Waals surface area (Å²) < 4.78 is 12.7. The third kappa shape index (κ3) is 4.55. The van der Waals surface area contributed by atoms with Gasteiger partial charge in [0.2, 0.25) is 0 Å². The first-order chi connectivity index (χ1) is 17.8. The monoisotopic (exact) mass is 506 g/mol. The number of methoxy groups -OCH3 is 2. The van der Waals surface area contributed by atoms with Crippen molar-refractivity contribution in [2.24, 2.45) is 0 Å². The van der Waals surface area contributed by atoms with Crippen LogP contribution in [0.1, 0.15) is 42.4 Å². The van der Waals surface area contributed by atoms with Gasteiger partial charge in [-0.05, 0) is 56.3 Å². The topological polar surface area (TPSA) is 96.6 Å². The van der Waals surface area contributed by atoms with Crippen LogP contribution in [0.3, 0.4) is 0 Å². The van der Waals surface area contributed by atoms with Crippen LogP contribution in [0, 0.1) is 13.8 Å². The third-order valence-electron chi connectivity index (χ3n) is 7.12. The smallest absolute Gasteiger partial charge is 0.295 e. The molecular weight excluding hydrogens is 472 g/mol. The molecule has 9 heteroatoms. The van der Waals surface area contributed by atoms with Crippen molar-refractivity contribution >= 4 is 23.1 Å². The van der Waals surface area contributed by atoms with E-state index in [1.165, 1.54) is 12.0 Å². The van der Waals surface area contributed by atoms with Gasteiger partial charge in [-0.15, -0.1) is 0 Å². The van der Waals surface area contributed by atoms with Gasteiger partial charge in [-0.25, -0.2) is 4.98 Å². The number of carbonyl (C=O) groups is 2. The van der Waals surface area contributed by atoms with E-state index < -0.39 is 17.7 Å². The number of ether oxygens (including phenoxy) is 2. The van der Waals surface area contributed by atoms with E-state index >= 15 is 0 Å². The fraction of sp³-hybridized carbons (Fsp3) is 0.393. The Balaban J connectivity index is 1.91.